The van der Waals surface area contributed by atoms with E-state index in [1.54, 1.807) is 24.2 Å². The lowest BCUT2D eigenvalue weighted by atomic mass is 10.3. The summed E-state index contributed by atoms with van der Waals surface area (Å²) in [5, 5.41) is 0. The molecule has 0 saturated carbocycles. The Morgan fingerprint density at radius 2 is 1.96 bits per heavy atom. The smallest absolute Gasteiger partial charge is 0.219 e. The molecule has 1 unspecified atom stereocenters. The molecule has 0 aliphatic rings. The van der Waals surface area contributed by atoms with Crippen LogP contribution in [-0.4, -0.2) is 49.6 Å². The van der Waals surface area contributed by atoms with Crippen LogP contribution in [0.25, 0.3) is 0 Å². The molecule has 3 aromatic rings. The lowest BCUT2D eigenvalue weighted by Gasteiger charge is -2.05. The summed E-state index contributed by atoms with van der Waals surface area (Å²) >= 11 is 0.364. The van der Waals surface area contributed by atoms with Gasteiger partial charge >= 0.3 is 0 Å². The van der Waals surface area contributed by atoms with Crippen LogP contribution in [0.15, 0.2) is 51.1 Å². The number of hydrogen-bond acceptors (Lipinski definition) is 7. The van der Waals surface area contributed by atoms with Crippen molar-refractivity contribution >= 4 is 22.9 Å². The second-order valence-electron chi connectivity index (χ2n) is 6.39. The highest BCUT2D eigenvalue weighted by atomic mass is 32.2. The SMILES string of the molecule is CN(C)Cc1ccc(CSCCN=c2[nH][s+]([O-])[nH]c2=NCc2cccnc2)o1. The molecule has 3 heterocycles. The van der Waals surface area contributed by atoms with E-state index in [0.29, 0.717) is 24.1 Å². The van der Waals surface area contributed by atoms with Crippen molar-refractivity contribution in [2.24, 2.45) is 9.98 Å². The van der Waals surface area contributed by atoms with Crippen molar-refractivity contribution < 1.29 is 8.97 Å². The van der Waals surface area contributed by atoms with Crippen molar-refractivity contribution in [3.05, 3.63) is 64.7 Å². The van der Waals surface area contributed by atoms with E-state index in [9.17, 15) is 4.55 Å². The Labute approximate surface area is 170 Å². The highest BCUT2D eigenvalue weighted by molar-refractivity contribution is 7.98. The van der Waals surface area contributed by atoms with Crippen LogP contribution < -0.4 is 11.0 Å². The Morgan fingerprint density at radius 1 is 1.18 bits per heavy atom. The van der Waals surface area contributed by atoms with Gasteiger partial charge in [-0.25, -0.2) is 0 Å². The van der Waals surface area contributed by atoms with Crippen LogP contribution >= 0.6 is 22.9 Å². The molecule has 0 saturated heterocycles. The van der Waals surface area contributed by atoms with Crippen LogP contribution in [0.2, 0.25) is 0 Å². The minimum Gasteiger partial charge on any atom is -0.549 e. The predicted molar refractivity (Wildman–Crippen MR) is 110 cm³/mol. The first-order chi connectivity index (χ1) is 13.6. The van der Waals surface area contributed by atoms with E-state index in [2.05, 4.69) is 28.6 Å². The third-order valence-corrected chi connectivity index (χ3v) is 5.40. The van der Waals surface area contributed by atoms with Gasteiger partial charge < -0.3 is 13.9 Å². The highest BCUT2D eigenvalue weighted by Crippen LogP contribution is 2.16. The normalized spacial score (nSPS) is 13.6. The fraction of sp³-hybridized carbons (Fsp3) is 0.389. The van der Waals surface area contributed by atoms with Gasteiger partial charge in [0.25, 0.3) is 0 Å². The molecule has 150 valence electrons. The number of thioether (sulfide) groups is 1. The maximum Gasteiger partial charge on any atom is 0.219 e. The lowest BCUT2D eigenvalue weighted by Crippen LogP contribution is -2.26. The van der Waals surface area contributed by atoms with Crippen LogP contribution in [-0.2, 0) is 18.8 Å². The van der Waals surface area contributed by atoms with E-state index in [1.807, 2.05) is 38.4 Å². The second kappa shape index (κ2) is 10.4. The summed E-state index contributed by atoms with van der Waals surface area (Å²) in [5.74, 6) is 3.57. The molecule has 28 heavy (non-hydrogen) atoms. The monoisotopic (exact) mass is 420 g/mol. The first-order valence-electron chi connectivity index (χ1n) is 8.83. The van der Waals surface area contributed by atoms with Crippen molar-refractivity contribution in [2.45, 2.75) is 18.8 Å². The first-order valence-corrected chi connectivity index (χ1v) is 11.1. The number of pyridine rings is 1. The molecule has 0 spiro atoms. The van der Waals surface area contributed by atoms with E-state index in [0.717, 1.165) is 35.1 Å². The Kier molecular flexibility index (Phi) is 7.66. The van der Waals surface area contributed by atoms with Crippen LogP contribution in [0.5, 0.6) is 0 Å². The Balaban J connectivity index is 1.52. The van der Waals surface area contributed by atoms with Crippen LogP contribution in [0.1, 0.15) is 17.1 Å². The van der Waals surface area contributed by atoms with Gasteiger partial charge in [-0.15, -0.1) is 0 Å². The summed E-state index contributed by atoms with van der Waals surface area (Å²) in [5.41, 5.74) is 2.04. The molecular formula is C18H24N6O2S2. The van der Waals surface area contributed by atoms with Crippen LogP contribution in [0.3, 0.4) is 0 Å². The average molecular weight is 421 g/mol. The van der Waals surface area contributed by atoms with Gasteiger partial charge in [-0.3, -0.25) is 15.0 Å². The molecular weight excluding hydrogens is 396 g/mol. The van der Waals surface area contributed by atoms with Crippen molar-refractivity contribution in [1.29, 1.82) is 0 Å². The zero-order valence-electron chi connectivity index (χ0n) is 15.9. The van der Waals surface area contributed by atoms with Crippen molar-refractivity contribution in [3.63, 3.8) is 0 Å². The molecule has 0 aliphatic heterocycles. The number of H-pyrrole nitrogens is 2. The zero-order chi connectivity index (χ0) is 19.8. The largest absolute Gasteiger partial charge is 0.549 e. The zero-order valence-corrected chi connectivity index (χ0v) is 17.6. The summed E-state index contributed by atoms with van der Waals surface area (Å²) in [6.45, 7) is 1.86. The summed E-state index contributed by atoms with van der Waals surface area (Å²) in [6, 6.07) is 7.85. The van der Waals surface area contributed by atoms with E-state index >= 15 is 0 Å². The molecule has 2 N–H and O–H groups in total. The number of nitrogens with one attached hydrogen (secondary N) is 2. The molecule has 3 aromatic heterocycles. The van der Waals surface area contributed by atoms with Crippen molar-refractivity contribution in [2.75, 3.05) is 26.4 Å². The molecule has 0 aromatic carbocycles. The van der Waals surface area contributed by atoms with E-state index < -0.39 is 11.1 Å². The number of aromatic nitrogens is 3. The highest BCUT2D eigenvalue weighted by Gasteiger charge is 2.04. The van der Waals surface area contributed by atoms with E-state index in [4.69, 9.17) is 4.42 Å². The number of rotatable bonds is 9. The molecule has 10 heteroatoms. The molecule has 0 fully saturated rings. The lowest BCUT2D eigenvalue weighted by molar-refractivity contribution is 0.344. The maximum absolute atomic E-state index is 11.7. The maximum atomic E-state index is 11.7. The van der Waals surface area contributed by atoms with Gasteiger partial charge in [0.05, 0.1) is 25.4 Å². The Hall–Kier alpha value is -2.14. The quantitative estimate of drug-likeness (QED) is 0.407. The Bertz CT molecular complexity index is 987. The van der Waals surface area contributed by atoms with Crippen molar-refractivity contribution in [1.82, 2.24) is 18.6 Å². The average Bonchev–Trinajstić information content (AvgIpc) is 3.26. The standard InChI is InChI=1S/C18H24N6O2S2/c1-24(2)12-15-5-6-16(26-15)13-27-9-8-20-17-18(23-28(25)22-17)21-11-14-4-3-7-19-10-14/h3-7,10H,8-9,11-13H2,1-2H3,(H,20,22)(H,21,23). The topological polar surface area (TPSA) is 109 Å². The summed E-state index contributed by atoms with van der Waals surface area (Å²) in [6.07, 6.45) is 3.48. The second-order valence-corrected chi connectivity index (χ2v) is 8.44. The third kappa shape index (κ3) is 6.48. The van der Waals surface area contributed by atoms with E-state index in [-0.39, 0.29) is 0 Å². The molecule has 0 bridgehead atoms. The molecule has 0 amide bonds. The number of nitrogens with zero attached hydrogens (tertiary/aromatic N) is 4. The summed E-state index contributed by atoms with van der Waals surface area (Å²) in [4.78, 5) is 15.1. The fourth-order valence-corrected chi connectivity index (χ4v) is 3.91. The van der Waals surface area contributed by atoms with Gasteiger partial charge in [0, 0.05) is 18.1 Å². The number of aromatic amines is 2. The minimum absolute atomic E-state index is 0.455. The molecule has 0 radical (unpaired) electrons. The minimum atomic E-state index is -1.38. The summed E-state index contributed by atoms with van der Waals surface area (Å²) < 4.78 is 23.1. The molecule has 8 nitrogen and oxygen atoms in total. The van der Waals surface area contributed by atoms with Crippen LogP contribution in [0, 0.1) is 0 Å². The van der Waals surface area contributed by atoms with Gasteiger partial charge in [-0.05, 0) is 37.9 Å². The number of hydrogen-bond donors (Lipinski definition) is 2. The molecule has 0 aliphatic carbocycles. The van der Waals surface area contributed by atoms with Gasteiger partial charge in [-0.2, -0.15) is 20.5 Å². The third-order valence-electron chi connectivity index (χ3n) is 3.68. The Morgan fingerprint density at radius 3 is 2.71 bits per heavy atom. The molecule has 3 rings (SSSR count). The van der Waals surface area contributed by atoms with Gasteiger partial charge in [0.1, 0.15) is 22.7 Å². The summed E-state index contributed by atoms with van der Waals surface area (Å²) in [7, 11) is 4.03. The van der Waals surface area contributed by atoms with Gasteiger partial charge in [0.2, 0.25) is 11.0 Å². The van der Waals surface area contributed by atoms with E-state index in [1.165, 1.54) is 0 Å². The number of furan rings is 1. The van der Waals surface area contributed by atoms with Crippen LogP contribution in [0.4, 0.5) is 0 Å². The first kappa shape index (κ1) is 20.6. The fourth-order valence-electron chi connectivity index (χ4n) is 2.47. The van der Waals surface area contributed by atoms with Crippen molar-refractivity contribution in [3.8, 4) is 0 Å². The molecule has 1 atom stereocenters. The van der Waals surface area contributed by atoms with Gasteiger partial charge in [-0.1, -0.05) is 6.07 Å². The van der Waals surface area contributed by atoms with Gasteiger partial charge in [0.15, 0.2) is 0 Å². The predicted octanol–water partition coefficient (Wildman–Crippen LogP) is 2.05.